The van der Waals surface area contributed by atoms with Gasteiger partial charge in [0.15, 0.2) is 0 Å². The minimum absolute atomic E-state index is 0.0633. The average molecular weight is 559 g/mol. The predicted octanol–water partition coefficient (Wildman–Crippen LogP) is 7.57. The molecule has 0 aliphatic rings. The summed E-state index contributed by atoms with van der Waals surface area (Å²) in [5.41, 5.74) is -0.164. The summed E-state index contributed by atoms with van der Waals surface area (Å²) >= 11 is 0. The number of benzene rings is 2. The third-order valence-corrected chi connectivity index (χ3v) is 5.25. The maximum atomic E-state index is 12.1. The Morgan fingerprint density at radius 2 is 1.15 bits per heavy atom. The van der Waals surface area contributed by atoms with E-state index in [1.165, 1.54) is 12.1 Å². The zero-order valence-electron chi connectivity index (χ0n) is 24.8. The van der Waals surface area contributed by atoms with Crippen molar-refractivity contribution >= 4 is 17.9 Å². The Morgan fingerprint density at radius 3 is 1.65 bits per heavy atom. The molecule has 2 aromatic carbocycles. The zero-order valence-corrected chi connectivity index (χ0v) is 24.8. The second-order valence-corrected chi connectivity index (χ2v) is 11.5. The minimum atomic E-state index is -0.710. The highest BCUT2D eigenvalue weighted by atomic mass is 16.6. The lowest BCUT2D eigenvalue weighted by Gasteiger charge is -2.19. The van der Waals surface area contributed by atoms with Crippen LogP contribution in [0, 0.1) is 0 Å². The molecule has 0 radical (unpaired) electrons. The van der Waals surface area contributed by atoms with Crippen molar-refractivity contribution in [3.05, 3.63) is 59.7 Å². The van der Waals surface area contributed by atoms with E-state index in [0.29, 0.717) is 23.5 Å². The molecule has 0 unspecified atom stereocenters. The van der Waals surface area contributed by atoms with Crippen molar-refractivity contribution < 1.29 is 38.8 Å². The smallest absolute Gasteiger partial charge is 0.338 e. The van der Waals surface area contributed by atoms with Gasteiger partial charge in [-0.3, -0.25) is 4.79 Å². The van der Waals surface area contributed by atoms with Crippen molar-refractivity contribution in [1.82, 2.24) is 0 Å². The Hall–Kier alpha value is -3.55. The number of carboxylic acids is 1. The first-order chi connectivity index (χ1) is 18.7. The Kier molecular flexibility index (Phi) is 14.8. The number of carbonyl (C=O) groups is 3. The van der Waals surface area contributed by atoms with Crippen LogP contribution in [0.15, 0.2) is 48.5 Å². The lowest BCUT2D eigenvalue weighted by molar-refractivity contribution is -0.137. The Labute approximate surface area is 238 Å². The molecule has 0 saturated carbocycles. The second kappa shape index (κ2) is 17.2. The van der Waals surface area contributed by atoms with Crippen LogP contribution in [-0.2, 0) is 14.3 Å². The molecule has 0 atom stereocenters. The first-order valence-corrected chi connectivity index (χ1v) is 13.9. The van der Waals surface area contributed by atoms with Gasteiger partial charge in [-0.25, -0.2) is 9.59 Å². The van der Waals surface area contributed by atoms with Crippen molar-refractivity contribution in [2.24, 2.45) is 0 Å². The van der Waals surface area contributed by atoms with Crippen LogP contribution in [0.4, 0.5) is 0 Å². The van der Waals surface area contributed by atoms with Gasteiger partial charge in [0, 0.05) is 6.42 Å². The molecule has 40 heavy (non-hydrogen) atoms. The molecule has 0 fully saturated rings. The molecule has 2 N–H and O–H groups in total. The topological polar surface area (TPSA) is 119 Å². The van der Waals surface area contributed by atoms with Gasteiger partial charge in [0.25, 0.3) is 0 Å². The number of esters is 2. The van der Waals surface area contributed by atoms with E-state index in [0.717, 1.165) is 44.9 Å². The van der Waals surface area contributed by atoms with E-state index in [-0.39, 0.29) is 18.1 Å². The highest BCUT2D eigenvalue weighted by Gasteiger charge is 2.19. The molecule has 0 aliphatic carbocycles. The summed E-state index contributed by atoms with van der Waals surface area (Å²) in [6, 6.07) is 13.2. The lowest BCUT2D eigenvalue weighted by Crippen LogP contribution is -2.23. The third kappa shape index (κ3) is 17.1. The van der Waals surface area contributed by atoms with Gasteiger partial charge in [-0.15, -0.1) is 0 Å². The fraction of sp³-hybridized carbons (Fsp3) is 0.531. The standard InChI is InChI=1S/C21H32O5.C11H14O3/c1-21(2,3)26-20(24)17-12-11-13-18(16-17)25-15-10-8-6-4-5-7-9-14-19(22)23;1-11(2,3)14-10(13)8-5-4-6-9(12)7-8/h11-13,16H,4-10,14-15H2,1-3H3,(H,22,23);4-7,12H,1-3H3. The summed E-state index contributed by atoms with van der Waals surface area (Å²) in [7, 11) is 0. The van der Waals surface area contributed by atoms with Crippen LogP contribution in [0.2, 0.25) is 0 Å². The molecule has 0 saturated heterocycles. The van der Waals surface area contributed by atoms with E-state index < -0.39 is 23.1 Å². The van der Waals surface area contributed by atoms with E-state index in [2.05, 4.69) is 0 Å². The van der Waals surface area contributed by atoms with Crippen LogP contribution in [0.1, 0.15) is 114 Å². The third-order valence-electron chi connectivity index (χ3n) is 5.25. The number of hydrogen-bond donors (Lipinski definition) is 2. The number of ether oxygens (including phenoxy) is 3. The highest BCUT2D eigenvalue weighted by molar-refractivity contribution is 5.90. The van der Waals surface area contributed by atoms with Crippen molar-refractivity contribution in [2.75, 3.05) is 6.61 Å². The molecule has 2 rings (SSSR count). The number of phenols is 1. The molecule has 8 heteroatoms. The Balaban J connectivity index is 0.000000479. The number of aliphatic carboxylic acids is 1. The van der Waals surface area contributed by atoms with Gasteiger partial charge in [0.1, 0.15) is 22.7 Å². The van der Waals surface area contributed by atoms with Gasteiger partial charge in [-0.1, -0.05) is 44.2 Å². The quantitative estimate of drug-likeness (QED) is 0.191. The number of carbonyl (C=O) groups excluding carboxylic acids is 2. The molecule has 0 heterocycles. The van der Waals surface area contributed by atoms with Crippen molar-refractivity contribution in [2.45, 2.75) is 104 Å². The molecule has 2 aromatic rings. The number of rotatable bonds is 13. The SMILES string of the molecule is CC(C)(C)OC(=O)c1cccc(O)c1.CC(C)(C)OC(=O)c1cccc(OCCCCCCCCCC(=O)O)c1. The normalized spacial score (nSPS) is 11.2. The number of phenolic OH excluding ortho intramolecular Hbond substituents is 1. The van der Waals surface area contributed by atoms with E-state index in [1.54, 1.807) is 51.1 Å². The monoisotopic (exact) mass is 558 g/mol. The second-order valence-electron chi connectivity index (χ2n) is 11.5. The molecular weight excluding hydrogens is 512 g/mol. The van der Waals surface area contributed by atoms with Crippen LogP contribution < -0.4 is 4.74 Å². The predicted molar refractivity (Wildman–Crippen MR) is 155 cm³/mol. The van der Waals surface area contributed by atoms with E-state index in [9.17, 15) is 14.4 Å². The Bertz CT molecular complexity index is 1060. The number of aromatic hydroxyl groups is 1. The van der Waals surface area contributed by atoms with Crippen molar-refractivity contribution in [1.29, 1.82) is 0 Å². The molecule has 0 aromatic heterocycles. The van der Waals surface area contributed by atoms with E-state index >= 15 is 0 Å². The van der Waals surface area contributed by atoms with Crippen molar-refractivity contribution in [3.8, 4) is 11.5 Å². The summed E-state index contributed by atoms with van der Waals surface area (Å²) in [5, 5.41) is 17.7. The molecule has 0 bridgehead atoms. The number of carboxylic acid groups (broad SMARTS) is 1. The fourth-order valence-electron chi connectivity index (χ4n) is 3.47. The van der Waals surface area contributed by atoms with E-state index in [1.807, 2.05) is 26.8 Å². The maximum Gasteiger partial charge on any atom is 0.338 e. The maximum absolute atomic E-state index is 12.1. The molecular formula is C32H46O8. The molecule has 222 valence electrons. The van der Waals surface area contributed by atoms with E-state index in [4.69, 9.17) is 24.4 Å². The van der Waals surface area contributed by atoms with Gasteiger partial charge >= 0.3 is 17.9 Å². The van der Waals surface area contributed by atoms with Crippen LogP contribution >= 0.6 is 0 Å². The lowest BCUT2D eigenvalue weighted by atomic mass is 10.1. The Morgan fingerprint density at radius 1 is 0.675 bits per heavy atom. The highest BCUT2D eigenvalue weighted by Crippen LogP contribution is 2.18. The van der Waals surface area contributed by atoms with Gasteiger partial charge < -0.3 is 24.4 Å². The summed E-state index contributed by atoms with van der Waals surface area (Å²) in [6.07, 6.45) is 7.44. The van der Waals surface area contributed by atoms with Crippen LogP contribution in [0.25, 0.3) is 0 Å². The fourth-order valence-corrected chi connectivity index (χ4v) is 3.47. The van der Waals surface area contributed by atoms with Gasteiger partial charge in [-0.05, 0) is 90.8 Å². The average Bonchev–Trinajstić information content (AvgIpc) is 2.83. The number of unbranched alkanes of at least 4 members (excludes halogenated alkanes) is 6. The van der Waals surface area contributed by atoms with Gasteiger partial charge in [0.05, 0.1) is 17.7 Å². The van der Waals surface area contributed by atoms with Crippen LogP contribution in [0.3, 0.4) is 0 Å². The molecule has 0 amide bonds. The first kappa shape index (κ1) is 34.5. The number of hydrogen-bond acceptors (Lipinski definition) is 7. The first-order valence-electron chi connectivity index (χ1n) is 13.9. The van der Waals surface area contributed by atoms with Crippen molar-refractivity contribution in [3.63, 3.8) is 0 Å². The van der Waals surface area contributed by atoms with Crippen LogP contribution in [-0.4, -0.2) is 45.9 Å². The van der Waals surface area contributed by atoms with Crippen LogP contribution in [0.5, 0.6) is 11.5 Å². The molecule has 8 nitrogen and oxygen atoms in total. The van der Waals surface area contributed by atoms with Gasteiger partial charge in [0.2, 0.25) is 0 Å². The minimum Gasteiger partial charge on any atom is -0.508 e. The molecule has 0 spiro atoms. The molecule has 0 aliphatic heterocycles. The zero-order chi connectivity index (χ0) is 30.2. The summed E-state index contributed by atoms with van der Waals surface area (Å²) in [6.45, 7) is 11.6. The van der Waals surface area contributed by atoms with Gasteiger partial charge in [-0.2, -0.15) is 0 Å². The largest absolute Gasteiger partial charge is 0.508 e. The summed E-state index contributed by atoms with van der Waals surface area (Å²) < 4.78 is 16.2. The summed E-state index contributed by atoms with van der Waals surface area (Å²) in [5.74, 6) is -0.729. The summed E-state index contributed by atoms with van der Waals surface area (Å²) in [4.78, 5) is 33.9.